The van der Waals surface area contributed by atoms with Gasteiger partial charge < -0.3 is 34.6 Å². The molecule has 0 radical (unpaired) electrons. The van der Waals surface area contributed by atoms with Crippen LogP contribution in [0.5, 0.6) is 11.5 Å². The minimum Gasteiger partial charge on any atom is -0.490 e. The summed E-state index contributed by atoms with van der Waals surface area (Å²) in [6, 6.07) is 20.7. The smallest absolute Gasteiger partial charge is 0.122 e. The number of aliphatic hydroxyl groups is 4. The van der Waals surface area contributed by atoms with E-state index in [2.05, 4.69) is 0 Å². The third kappa shape index (κ3) is 6.18. The van der Waals surface area contributed by atoms with Gasteiger partial charge in [0.05, 0.1) is 6.61 Å². The van der Waals surface area contributed by atoms with Gasteiger partial charge in [-0.2, -0.15) is 0 Å². The summed E-state index contributed by atoms with van der Waals surface area (Å²) in [5.41, 5.74) is 3.49. The van der Waals surface area contributed by atoms with Gasteiger partial charge in [-0.15, -0.1) is 0 Å². The molecule has 1 fully saturated rings. The van der Waals surface area contributed by atoms with Crippen molar-refractivity contribution in [1.29, 1.82) is 0 Å². The van der Waals surface area contributed by atoms with E-state index in [4.69, 9.17) is 25.8 Å². The summed E-state index contributed by atoms with van der Waals surface area (Å²) in [4.78, 5) is 0. The van der Waals surface area contributed by atoms with E-state index in [1.165, 1.54) is 0 Å². The Bertz CT molecular complexity index is 1130. The molecule has 0 unspecified atom stereocenters. The van der Waals surface area contributed by atoms with Crippen molar-refractivity contribution in [3.05, 3.63) is 94.0 Å². The van der Waals surface area contributed by atoms with Crippen molar-refractivity contribution in [2.24, 2.45) is 0 Å². The van der Waals surface area contributed by atoms with Crippen molar-refractivity contribution < 1.29 is 34.6 Å². The van der Waals surface area contributed by atoms with E-state index in [1.54, 1.807) is 12.1 Å². The zero-order valence-electron chi connectivity index (χ0n) is 20.0. The van der Waals surface area contributed by atoms with Gasteiger partial charge in [0.15, 0.2) is 0 Å². The molecule has 1 saturated heterocycles. The molecular formula is C28H31ClO7. The van der Waals surface area contributed by atoms with E-state index in [0.29, 0.717) is 30.2 Å². The van der Waals surface area contributed by atoms with Crippen molar-refractivity contribution in [2.75, 3.05) is 19.8 Å². The van der Waals surface area contributed by atoms with Crippen LogP contribution >= 0.6 is 11.6 Å². The van der Waals surface area contributed by atoms with E-state index in [-0.39, 0.29) is 0 Å². The molecule has 1 aliphatic rings. The highest BCUT2D eigenvalue weighted by atomic mass is 35.5. The molecule has 0 bridgehead atoms. The first-order valence-corrected chi connectivity index (χ1v) is 12.2. The summed E-state index contributed by atoms with van der Waals surface area (Å²) < 4.78 is 17.2. The predicted molar refractivity (Wildman–Crippen MR) is 136 cm³/mol. The Morgan fingerprint density at radius 3 is 2.31 bits per heavy atom. The van der Waals surface area contributed by atoms with Crippen molar-refractivity contribution in [1.82, 2.24) is 0 Å². The highest BCUT2D eigenvalue weighted by molar-refractivity contribution is 6.31. The number of aryl methyl sites for hydroxylation is 1. The van der Waals surface area contributed by atoms with Crippen LogP contribution in [0, 0.1) is 6.92 Å². The number of aliphatic hydroxyl groups excluding tert-OH is 4. The molecule has 7 nitrogen and oxygen atoms in total. The van der Waals surface area contributed by atoms with Gasteiger partial charge >= 0.3 is 0 Å². The molecule has 0 spiro atoms. The number of rotatable bonds is 9. The third-order valence-corrected chi connectivity index (χ3v) is 6.68. The van der Waals surface area contributed by atoms with Gasteiger partial charge in [0.25, 0.3) is 0 Å². The number of ether oxygens (including phenoxy) is 3. The lowest BCUT2D eigenvalue weighted by atomic mass is 9.90. The fourth-order valence-electron chi connectivity index (χ4n) is 4.24. The Morgan fingerprint density at radius 2 is 1.58 bits per heavy atom. The molecule has 0 aliphatic carbocycles. The monoisotopic (exact) mass is 514 g/mol. The van der Waals surface area contributed by atoms with Crippen molar-refractivity contribution in [3.63, 3.8) is 0 Å². The third-order valence-electron chi connectivity index (χ3n) is 6.31. The fraction of sp³-hybridized carbons (Fsp3) is 0.357. The van der Waals surface area contributed by atoms with Gasteiger partial charge in [0, 0.05) is 5.02 Å². The molecule has 8 heteroatoms. The molecule has 1 aliphatic heterocycles. The molecule has 36 heavy (non-hydrogen) atoms. The van der Waals surface area contributed by atoms with Crippen LogP contribution in [0.2, 0.25) is 5.02 Å². The van der Waals surface area contributed by atoms with Gasteiger partial charge in [-0.25, -0.2) is 0 Å². The molecule has 5 atom stereocenters. The lowest BCUT2D eigenvalue weighted by Crippen LogP contribution is -2.55. The van der Waals surface area contributed by atoms with Gasteiger partial charge in [-0.3, -0.25) is 0 Å². The minimum atomic E-state index is -1.44. The minimum absolute atomic E-state index is 0.417. The average molecular weight is 515 g/mol. The van der Waals surface area contributed by atoms with Crippen LogP contribution in [-0.4, -0.2) is 64.7 Å². The molecule has 4 N–H and O–H groups in total. The van der Waals surface area contributed by atoms with Gasteiger partial charge in [-0.1, -0.05) is 54.1 Å². The van der Waals surface area contributed by atoms with E-state index in [9.17, 15) is 20.4 Å². The van der Waals surface area contributed by atoms with Gasteiger partial charge in [-0.05, 0) is 59.9 Å². The second-order valence-electron chi connectivity index (χ2n) is 8.88. The Hall–Kier alpha value is -2.65. The number of halogens is 1. The van der Waals surface area contributed by atoms with Crippen LogP contribution < -0.4 is 9.47 Å². The molecule has 3 aromatic carbocycles. The molecule has 1 heterocycles. The zero-order chi connectivity index (χ0) is 25.7. The lowest BCUT2D eigenvalue weighted by Gasteiger charge is -2.40. The molecule has 0 saturated carbocycles. The fourth-order valence-corrected chi connectivity index (χ4v) is 4.42. The van der Waals surface area contributed by atoms with Crippen molar-refractivity contribution >= 4 is 11.6 Å². The van der Waals surface area contributed by atoms with Gasteiger partial charge in [0.1, 0.15) is 55.2 Å². The topological polar surface area (TPSA) is 109 Å². The zero-order valence-corrected chi connectivity index (χ0v) is 20.7. The van der Waals surface area contributed by atoms with Gasteiger partial charge in [0.2, 0.25) is 0 Å². The van der Waals surface area contributed by atoms with Crippen LogP contribution in [0.1, 0.15) is 28.4 Å². The Labute approximate surface area is 215 Å². The first-order chi connectivity index (χ1) is 17.4. The van der Waals surface area contributed by atoms with E-state index in [0.717, 1.165) is 28.2 Å². The Morgan fingerprint density at radius 1 is 0.861 bits per heavy atom. The molecule has 0 aromatic heterocycles. The number of para-hydroxylation sites is 1. The van der Waals surface area contributed by atoms with E-state index in [1.807, 2.05) is 61.5 Å². The maximum Gasteiger partial charge on any atom is 0.122 e. The molecule has 3 aromatic rings. The molecule has 192 valence electrons. The van der Waals surface area contributed by atoms with E-state index < -0.39 is 37.1 Å². The largest absolute Gasteiger partial charge is 0.490 e. The summed E-state index contributed by atoms with van der Waals surface area (Å²) in [6.07, 6.45) is -5.53. The predicted octanol–water partition coefficient (Wildman–Crippen LogP) is 3.21. The van der Waals surface area contributed by atoms with Crippen molar-refractivity contribution in [2.45, 2.75) is 43.9 Å². The maximum atomic E-state index is 10.4. The number of benzene rings is 3. The van der Waals surface area contributed by atoms with Crippen LogP contribution in [0.4, 0.5) is 0 Å². The number of hydrogen-bond donors (Lipinski definition) is 4. The highest BCUT2D eigenvalue weighted by Crippen LogP contribution is 2.34. The SMILES string of the molecule is Cc1ccccc1OCCOc1ccc(Cc2cc([C@@H]3O[C@H](CO)[C@@H](O)[C@H](O)[C@H]3O)ccc2Cl)cc1. The lowest BCUT2D eigenvalue weighted by molar-refractivity contribution is -0.231. The quantitative estimate of drug-likeness (QED) is 0.325. The molecule has 4 rings (SSSR count). The average Bonchev–Trinajstić information content (AvgIpc) is 2.89. The first-order valence-electron chi connectivity index (χ1n) is 11.9. The maximum absolute atomic E-state index is 10.4. The number of hydrogen-bond acceptors (Lipinski definition) is 7. The Kier molecular flexibility index (Phi) is 8.85. The molecule has 0 amide bonds. The van der Waals surface area contributed by atoms with Crippen LogP contribution in [0.25, 0.3) is 0 Å². The Balaban J connectivity index is 1.36. The standard InChI is InChI=1S/C28H31ClO7/c1-17-4-2-3-5-23(17)35-13-12-34-21-9-6-18(7-10-21)14-20-15-19(8-11-22(20)29)28-27(33)26(32)25(31)24(16-30)36-28/h2-11,15,24-28,30-33H,12-14,16H2,1H3/t24-,25-,26+,27-,28+/m1/s1. The van der Waals surface area contributed by atoms with E-state index >= 15 is 0 Å². The second kappa shape index (κ2) is 12.1. The van der Waals surface area contributed by atoms with Crippen LogP contribution in [0.15, 0.2) is 66.7 Å². The summed E-state index contributed by atoms with van der Waals surface area (Å²) in [5.74, 6) is 1.58. The summed E-state index contributed by atoms with van der Waals surface area (Å²) in [6.45, 7) is 2.38. The summed E-state index contributed by atoms with van der Waals surface area (Å²) >= 11 is 6.44. The first kappa shape index (κ1) is 26.4. The van der Waals surface area contributed by atoms with Crippen molar-refractivity contribution in [3.8, 4) is 11.5 Å². The summed E-state index contributed by atoms with van der Waals surface area (Å²) in [7, 11) is 0. The molecular weight excluding hydrogens is 484 g/mol. The second-order valence-corrected chi connectivity index (χ2v) is 9.29. The normalized spacial score (nSPS) is 23.9. The summed E-state index contributed by atoms with van der Waals surface area (Å²) in [5, 5.41) is 40.6. The van der Waals surface area contributed by atoms with Crippen LogP contribution in [-0.2, 0) is 11.2 Å². The van der Waals surface area contributed by atoms with Crippen LogP contribution in [0.3, 0.4) is 0 Å². The highest BCUT2D eigenvalue weighted by Gasteiger charge is 2.44.